The molecule has 1 aromatic carbocycles. The number of ether oxygens (including phenoxy) is 1. The van der Waals surface area contributed by atoms with Crippen molar-refractivity contribution in [2.45, 2.75) is 18.8 Å². The summed E-state index contributed by atoms with van der Waals surface area (Å²) in [5.74, 6) is -1.19. The van der Waals surface area contributed by atoms with Gasteiger partial charge in [-0.25, -0.2) is 19.7 Å². The lowest BCUT2D eigenvalue weighted by molar-refractivity contribution is -0.192. The van der Waals surface area contributed by atoms with E-state index < -0.39 is 12.1 Å². The molecular weight excluding hydrogens is 447 g/mol. The molecule has 2 N–H and O–H groups in total. The van der Waals surface area contributed by atoms with Crippen LogP contribution < -0.4 is 5.32 Å². The number of benzene rings is 1. The van der Waals surface area contributed by atoms with Crippen molar-refractivity contribution in [1.82, 2.24) is 19.9 Å². The van der Waals surface area contributed by atoms with E-state index in [-0.39, 0.29) is 6.04 Å². The van der Waals surface area contributed by atoms with Crippen molar-refractivity contribution < 1.29 is 27.8 Å². The molecule has 1 saturated heterocycles. The summed E-state index contributed by atoms with van der Waals surface area (Å²) >= 11 is 1.67. The number of morpholine rings is 1. The van der Waals surface area contributed by atoms with Crippen molar-refractivity contribution >= 4 is 28.8 Å². The van der Waals surface area contributed by atoms with E-state index in [9.17, 15) is 13.2 Å². The number of hydrogen-bond acceptors (Lipinski definition) is 8. The van der Waals surface area contributed by atoms with Crippen LogP contribution in [-0.4, -0.2) is 56.9 Å². The molecule has 170 valence electrons. The average Bonchev–Trinajstić information content (AvgIpc) is 3.28. The van der Waals surface area contributed by atoms with Crippen LogP contribution >= 0.6 is 11.3 Å². The third kappa shape index (κ3) is 6.97. The van der Waals surface area contributed by atoms with E-state index in [1.807, 2.05) is 48.0 Å². The number of thiazole rings is 1. The number of anilines is 2. The Bertz CT molecular complexity index is 990. The number of aliphatic carboxylic acids is 1. The normalized spacial score (nSPS) is 16.7. The number of rotatable bonds is 5. The van der Waals surface area contributed by atoms with Gasteiger partial charge in [-0.05, 0) is 18.2 Å². The average molecular weight is 467 g/mol. The summed E-state index contributed by atoms with van der Waals surface area (Å²) in [6.07, 6.45) is -1.44. The van der Waals surface area contributed by atoms with E-state index in [2.05, 4.69) is 20.2 Å². The first-order valence-electron chi connectivity index (χ1n) is 9.48. The first kappa shape index (κ1) is 23.6. The van der Waals surface area contributed by atoms with E-state index in [1.165, 1.54) is 0 Å². The van der Waals surface area contributed by atoms with Crippen LogP contribution in [0, 0.1) is 0 Å². The molecule has 2 aromatic heterocycles. The lowest BCUT2D eigenvalue weighted by atomic mass is 10.2. The SMILES string of the molecule is O=C(O)C(F)(F)F.c1ccc(Nc2ccnc(C3COCCN3Cc3nccs3)n2)cc1. The molecule has 1 unspecified atom stereocenters. The van der Waals surface area contributed by atoms with Crippen LogP contribution in [0.15, 0.2) is 54.2 Å². The zero-order valence-electron chi connectivity index (χ0n) is 16.7. The first-order chi connectivity index (χ1) is 15.3. The Labute approximate surface area is 185 Å². The molecule has 8 nitrogen and oxygen atoms in total. The molecule has 0 amide bonds. The number of carbonyl (C=O) groups is 1. The molecule has 12 heteroatoms. The fourth-order valence-electron chi connectivity index (χ4n) is 2.84. The van der Waals surface area contributed by atoms with Gasteiger partial charge in [0.25, 0.3) is 0 Å². The minimum absolute atomic E-state index is 0.0372. The minimum atomic E-state index is -5.08. The highest BCUT2D eigenvalue weighted by Gasteiger charge is 2.38. The molecule has 0 spiro atoms. The van der Waals surface area contributed by atoms with Gasteiger partial charge in [0, 0.05) is 30.0 Å². The van der Waals surface area contributed by atoms with Gasteiger partial charge in [0.1, 0.15) is 16.6 Å². The fraction of sp³-hybridized carbons (Fsp3) is 0.300. The maximum absolute atomic E-state index is 10.6. The van der Waals surface area contributed by atoms with Gasteiger partial charge in [-0.3, -0.25) is 4.90 Å². The van der Waals surface area contributed by atoms with Crippen LogP contribution in [0.25, 0.3) is 0 Å². The third-order valence-electron chi connectivity index (χ3n) is 4.32. The molecule has 1 atom stereocenters. The highest BCUT2D eigenvalue weighted by molar-refractivity contribution is 7.09. The second-order valence-electron chi connectivity index (χ2n) is 6.58. The molecule has 3 aromatic rings. The number of halogens is 3. The van der Waals surface area contributed by atoms with Crippen LogP contribution in [0.1, 0.15) is 16.9 Å². The summed E-state index contributed by atoms with van der Waals surface area (Å²) in [4.78, 5) is 24.8. The van der Waals surface area contributed by atoms with E-state index >= 15 is 0 Å². The van der Waals surface area contributed by atoms with Crippen LogP contribution in [0.5, 0.6) is 0 Å². The monoisotopic (exact) mass is 467 g/mol. The summed E-state index contributed by atoms with van der Waals surface area (Å²) < 4.78 is 37.4. The van der Waals surface area contributed by atoms with Gasteiger partial charge in [0.15, 0.2) is 0 Å². The van der Waals surface area contributed by atoms with Crippen molar-refractivity contribution in [3.05, 3.63) is 65.0 Å². The summed E-state index contributed by atoms with van der Waals surface area (Å²) in [6.45, 7) is 2.97. The van der Waals surface area contributed by atoms with Crippen LogP contribution in [0.3, 0.4) is 0 Å². The first-order valence-corrected chi connectivity index (χ1v) is 10.4. The molecule has 3 heterocycles. The summed E-state index contributed by atoms with van der Waals surface area (Å²) in [5, 5.41) is 13.6. The Morgan fingerprint density at radius 2 is 1.97 bits per heavy atom. The zero-order chi connectivity index (χ0) is 23.0. The summed E-state index contributed by atoms with van der Waals surface area (Å²) in [5.41, 5.74) is 1.01. The van der Waals surface area contributed by atoms with Crippen molar-refractivity contribution in [2.75, 3.05) is 25.1 Å². The van der Waals surface area contributed by atoms with Gasteiger partial charge in [-0.15, -0.1) is 11.3 Å². The van der Waals surface area contributed by atoms with Gasteiger partial charge in [0.2, 0.25) is 0 Å². The number of para-hydroxylation sites is 1. The maximum Gasteiger partial charge on any atom is 0.490 e. The highest BCUT2D eigenvalue weighted by atomic mass is 32.1. The van der Waals surface area contributed by atoms with E-state index in [0.29, 0.717) is 6.61 Å². The third-order valence-corrected chi connectivity index (χ3v) is 5.09. The molecule has 1 aliphatic rings. The van der Waals surface area contributed by atoms with E-state index in [4.69, 9.17) is 19.6 Å². The molecule has 0 bridgehead atoms. The number of nitrogens with zero attached hydrogens (tertiary/aromatic N) is 4. The highest BCUT2D eigenvalue weighted by Crippen LogP contribution is 2.25. The lowest BCUT2D eigenvalue weighted by Gasteiger charge is -2.33. The smallest absolute Gasteiger partial charge is 0.475 e. The molecule has 1 fully saturated rings. The van der Waals surface area contributed by atoms with Crippen LogP contribution in [0.2, 0.25) is 0 Å². The predicted molar refractivity (Wildman–Crippen MR) is 112 cm³/mol. The number of alkyl halides is 3. The molecular formula is C20H20F3N5O3S. The Kier molecular flexibility index (Phi) is 8.09. The number of carboxylic acid groups (broad SMARTS) is 1. The summed E-state index contributed by atoms with van der Waals surface area (Å²) in [6, 6.07) is 11.9. The predicted octanol–water partition coefficient (Wildman–Crippen LogP) is 3.88. The molecule has 32 heavy (non-hydrogen) atoms. The van der Waals surface area contributed by atoms with Gasteiger partial charge < -0.3 is 15.2 Å². The van der Waals surface area contributed by atoms with Gasteiger partial charge in [0.05, 0.1) is 25.8 Å². The molecule has 0 aliphatic carbocycles. The fourth-order valence-corrected chi connectivity index (χ4v) is 3.48. The Balaban J connectivity index is 0.000000360. The minimum Gasteiger partial charge on any atom is -0.475 e. The maximum atomic E-state index is 10.6. The summed E-state index contributed by atoms with van der Waals surface area (Å²) in [7, 11) is 0. The van der Waals surface area contributed by atoms with Crippen LogP contribution in [0.4, 0.5) is 24.7 Å². The standard InChI is InChI=1S/C18H19N5OS.C2HF3O2/c1-2-4-14(5-3-1)21-16-6-7-20-18(22-16)15-13-24-10-9-23(15)12-17-19-8-11-25-17;3-2(4,5)1(6)7/h1-8,11,15H,9-10,12-13H2,(H,20,21,22);(H,6,7). The largest absolute Gasteiger partial charge is 0.490 e. The zero-order valence-corrected chi connectivity index (χ0v) is 17.5. The molecule has 0 radical (unpaired) electrons. The molecule has 0 saturated carbocycles. The van der Waals surface area contributed by atoms with Gasteiger partial charge >= 0.3 is 12.1 Å². The van der Waals surface area contributed by atoms with Gasteiger partial charge in [-0.1, -0.05) is 18.2 Å². The molecule has 4 rings (SSSR count). The molecule has 1 aliphatic heterocycles. The Hall–Kier alpha value is -3.09. The Morgan fingerprint density at radius 1 is 1.22 bits per heavy atom. The van der Waals surface area contributed by atoms with Crippen molar-refractivity contribution in [1.29, 1.82) is 0 Å². The van der Waals surface area contributed by atoms with E-state index in [0.717, 1.165) is 42.0 Å². The van der Waals surface area contributed by atoms with Crippen molar-refractivity contribution in [3.8, 4) is 0 Å². The lowest BCUT2D eigenvalue weighted by Crippen LogP contribution is -2.39. The van der Waals surface area contributed by atoms with E-state index in [1.54, 1.807) is 17.5 Å². The van der Waals surface area contributed by atoms with Gasteiger partial charge in [-0.2, -0.15) is 13.2 Å². The topological polar surface area (TPSA) is 100 Å². The van der Waals surface area contributed by atoms with Crippen LogP contribution in [-0.2, 0) is 16.1 Å². The second-order valence-corrected chi connectivity index (χ2v) is 7.56. The number of carboxylic acids is 1. The Morgan fingerprint density at radius 3 is 2.62 bits per heavy atom. The number of aromatic nitrogens is 3. The second kappa shape index (κ2) is 11.0. The quantitative estimate of drug-likeness (QED) is 0.583. The van der Waals surface area contributed by atoms with Crippen molar-refractivity contribution in [2.24, 2.45) is 0 Å². The van der Waals surface area contributed by atoms with Crippen molar-refractivity contribution in [3.63, 3.8) is 0 Å². The number of nitrogens with one attached hydrogen (secondary N) is 1. The number of hydrogen-bond donors (Lipinski definition) is 2.